The van der Waals surface area contributed by atoms with Gasteiger partial charge in [0.15, 0.2) is 0 Å². The number of hydrogen-bond acceptors (Lipinski definition) is 1. The Balaban J connectivity index is 2.86. The summed E-state index contributed by atoms with van der Waals surface area (Å²) < 4.78 is 1.08. The smallest absolute Gasteiger partial charge is 0.105 e. The number of H-pyrrole nitrogens is 1. The molecule has 0 saturated carbocycles. The normalized spacial score (nSPS) is 10.7. The highest BCUT2D eigenvalue weighted by atomic mass is 127. The molecule has 0 bridgehead atoms. The second-order valence-electron chi connectivity index (χ2n) is 2.51. The molecule has 2 heterocycles. The molecule has 0 amide bonds. The fourth-order valence-electron chi connectivity index (χ4n) is 1.06. The minimum Gasteiger partial charge on any atom is -0.360 e. The van der Waals surface area contributed by atoms with Gasteiger partial charge in [0.1, 0.15) is 3.70 Å². The van der Waals surface area contributed by atoms with Crippen LogP contribution in [0, 0.1) is 10.6 Å². The van der Waals surface area contributed by atoms with Gasteiger partial charge in [-0.15, -0.1) is 0 Å². The van der Waals surface area contributed by atoms with Crippen LogP contribution in [0.25, 0.3) is 11.0 Å². The molecule has 0 spiro atoms. The third-order valence-electron chi connectivity index (χ3n) is 1.66. The summed E-state index contributed by atoms with van der Waals surface area (Å²) >= 11 is 2.24. The quantitative estimate of drug-likeness (QED) is 0.570. The number of nitrogens with zero attached hydrogens (tertiary/aromatic N) is 1. The molecular weight excluding hydrogens is 251 g/mol. The molecule has 0 radical (unpaired) electrons. The zero-order valence-corrected chi connectivity index (χ0v) is 8.21. The van der Waals surface area contributed by atoms with Crippen LogP contribution >= 0.6 is 22.6 Å². The minimum absolute atomic E-state index is 1.04. The fraction of sp³-hybridized carbons (Fsp3) is 0.125. The van der Waals surface area contributed by atoms with Gasteiger partial charge in [-0.05, 0) is 47.2 Å². The molecule has 2 rings (SSSR count). The third kappa shape index (κ3) is 1.13. The first-order chi connectivity index (χ1) is 5.27. The predicted molar refractivity (Wildman–Crippen MR) is 53.5 cm³/mol. The molecule has 0 unspecified atom stereocenters. The van der Waals surface area contributed by atoms with Gasteiger partial charge in [0, 0.05) is 6.20 Å². The molecule has 0 aliphatic heterocycles. The molecule has 2 aromatic heterocycles. The van der Waals surface area contributed by atoms with Crippen LogP contribution in [0.2, 0.25) is 0 Å². The lowest BCUT2D eigenvalue weighted by atomic mass is 10.3. The van der Waals surface area contributed by atoms with Crippen molar-refractivity contribution >= 4 is 33.6 Å². The number of halogens is 1. The van der Waals surface area contributed by atoms with Gasteiger partial charge in [-0.2, -0.15) is 0 Å². The molecule has 1 N–H and O–H groups in total. The zero-order valence-electron chi connectivity index (χ0n) is 6.06. The molecule has 0 aliphatic carbocycles. The van der Waals surface area contributed by atoms with E-state index >= 15 is 0 Å². The van der Waals surface area contributed by atoms with Gasteiger partial charge in [-0.25, -0.2) is 4.98 Å². The first-order valence-electron chi connectivity index (χ1n) is 3.37. The number of fused-ring (bicyclic) bond motifs is 1. The van der Waals surface area contributed by atoms with Crippen molar-refractivity contribution in [1.29, 1.82) is 0 Å². The van der Waals surface area contributed by atoms with E-state index in [4.69, 9.17) is 0 Å². The Morgan fingerprint density at radius 1 is 1.55 bits per heavy atom. The van der Waals surface area contributed by atoms with E-state index in [2.05, 4.69) is 45.5 Å². The van der Waals surface area contributed by atoms with Crippen LogP contribution in [0.1, 0.15) is 5.56 Å². The summed E-state index contributed by atoms with van der Waals surface area (Å²) in [5.41, 5.74) is 3.38. The second kappa shape index (κ2) is 2.48. The summed E-state index contributed by atoms with van der Waals surface area (Å²) in [6, 6.07) is 4.10. The summed E-state index contributed by atoms with van der Waals surface area (Å²) in [6.45, 7) is 2.06. The predicted octanol–water partition coefficient (Wildman–Crippen LogP) is 2.48. The monoisotopic (exact) mass is 258 g/mol. The molecular formula is C8H7IN2. The Bertz CT molecular complexity index is 356. The first-order valence-corrected chi connectivity index (χ1v) is 4.45. The number of aromatic amines is 1. The lowest BCUT2D eigenvalue weighted by Crippen LogP contribution is -1.85. The first kappa shape index (κ1) is 7.09. The Labute approximate surface area is 78.2 Å². The molecule has 3 heteroatoms. The second-order valence-corrected chi connectivity index (χ2v) is 3.53. The van der Waals surface area contributed by atoms with Gasteiger partial charge in [-0.1, -0.05) is 0 Å². The van der Waals surface area contributed by atoms with Crippen molar-refractivity contribution in [2.75, 3.05) is 0 Å². The van der Waals surface area contributed by atoms with Crippen LogP contribution in [0.5, 0.6) is 0 Å². The molecule has 2 nitrogen and oxygen atoms in total. The number of aryl methyl sites for hydroxylation is 1. The molecule has 56 valence electrons. The van der Waals surface area contributed by atoms with Crippen LogP contribution < -0.4 is 0 Å². The highest BCUT2D eigenvalue weighted by Crippen LogP contribution is 2.15. The van der Waals surface area contributed by atoms with Crippen molar-refractivity contribution in [2.24, 2.45) is 0 Å². The summed E-state index contributed by atoms with van der Waals surface area (Å²) in [5.74, 6) is 0. The molecule has 0 fully saturated rings. The van der Waals surface area contributed by atoms with Crippen LogP contribution in [-0.4, -0.2) is 9.97 Å². The van der Waals surface area contributed by atoms with E-state index in [0.29, 0.717) is 0 Å². The van der Waals surface area contributed by atoms with E-state index in [1.54, 1.807) is 0 Å². The maximum atomic E-state index is 4.39. The van der Waals surface area contributed by atoms with E-state index in [0.717, 1.165) is 14.7 Å². The zero-order chi connectivity index (χ0) is 7.84. The highest BCUT2D eigenvalue weighted by Gasteiger charge is 1.99. The van der Waals surface area contributed by atoms with Gasteiger partial charge in [0.05, 0.1) is 11.0 Å². The molecule has 0 aliphatic rings. The molecule has 0 aromatic carbocycles. The van der Waals surface area contributed by atoms with Crippen LogP contribution in [0.4, 0.5) is 0 Å². The topological polar surface area (TPSA) is 28.7 Å². The van der Waals surface area contributed by atoms with Crippen molar-refractivity contribution in [1.82, 2.24) is 9.97 Å². The number of nitrogens with one attached hydrogen (secondary N) is 1. The van der Waals surface area contributed by atoms with Gasteiger partial charge in [0.2, 0.25) is 0 Å². The van der Waals surface area contributed by atoms with Crippen molar-refractivity contribution in [3.63, 3.8) is 0 Å². The number of hydrogen-bond donors (Lipinski definition) is 1. The maximum Gasteiger partial charge on any atom is 0.105 e. The molecule has 0 atom stereocenters. The Kier molecular flexibility index (Phi) is 1.60. The van der Waals surface area contributed by atoms with Gasteiger partial charge in [-0.3, -0.25) is 0 Å². The van der Waals surface area contributed by atoms with E-state index in [-0.39, 0.29) is 0 Å². The largest absolute Gasteiger partial charge is 0.360 e. The summed E-state index contributed by atoms with van der Waals surface area (Å²) in [6.07, 6.45) is 1.91. The van der Waals surface area contributed by atoms with Crippen LogP contribution in [0.3, 0.4) is 0 Å². The number of rotatable bonds is 0. The molecule has 0 saturated heterocycles. The van der Waals surface area contributed by atoms with E-state index in [9.17, 15) is 0 Å². The van der Waals surface area contributed by atoms with Crippen molar-refractivity contribution in [3.05, 3.63) is 27.6 Å². The fourth-order valence-corrected chi connectivity index (χ4v) is 1.47. The van der Waals surface area contributed by atoms with E-state index in [1.165, 1.54) is 5.56 Å². The van der Waals surface area contributed by atoms with Crippen LogP contribution in [-0.2, 0) is 0 Å². The SMILES string of the molecule is Cc1cc2[nH]ccc2nc1I. The van der Waals surface area contributed by atoms with Gasteiger partial charge in [0.25, 0.3) is 0 Å². The van der Waals surface area contributed by atoms with Crippen LogP contribution in [0.15, 0.2) is 18.3 Å². The van der Waals surface area contributed by atoms with Crippen molar-refractivity contribution in [3.8, 4) is 0 Å². The lowest BCUT2D eigenvalue weighted by Gasteiger charge is -1.95. The molecule has 2 aromatic rings. The van der Waals surface area contributed by atoms with Crippen molar-refractivity contribution < 1.29 is 0 Å². The van der Waals surface area contributed by atoms with Gasteiger partial charge < -0.3 is 4.98 Å². The average Bonchev–Trinajstić information content (AvgIpc) is 2.36. The third-order valence-corrected chi connectivity index (χ3v) is 2.75. The average molecular weight is 258 g/mol. The Morgan fingerprint density at radius 3 is 3.18 bits per heavy atom. The van der Waals surface area contributed by atoms with Crippen molar-refractivity contribution in [2.45, 2.75) is 6.92 Å². The summed E-state index contributed by atoms with van der Waals surface area (Å²) in [7, 11) is 0. The summed E-state index contributed by atoms with van der Waals surface area (Å²) in [4.78, 5) is 7.51. The Hall–Kier alpha value is -0.580. The van der Waals surface area contributed by atoms with E-state index < -0.39 is 0 Å². The Morgan fingerprint density at radius 2 is 2.36 bits per heavy atom. The number of aromatic nitrogens is 2. The minimum atomic E-state index is 1.04. The van der Waals surface area contributed by atoms with Gasteiger partial charge >= 0.3 is 0 Å². The summed E-state index contributed by atoms with van der Waals surface area (Å²) in [5, 5.41) is 0. The lowest BCUT2D eigenvalue weighted by molar-refractivity contribution is 1.27. The maximum absolute atomic E-state index is 4.39. The highest BCUT2D eigenvalue weighted by molar-refractivity contribution is 14.1. The van der Waals surface area contributed by atoms with E-state index in [1.807, 2.05) is 12.3 Å². The standard InChI is InChI=1S/C8H7IN2/c1-5-4-7-6(2-3-10-7)11-8(5)9/h2-4,10H,1H3. The number of pyridine rings is 1. The molecule has 11 heavy (non-hydrogen) atoms.